The predicted molar refractivity (Wildman–Crippen MR) is 83.9 cm³/mol. The van der Waals surface area contributed by atoms with Crippen LogP contribution in [0.25, 0.3) is 10.9 Å². The molecule has 1 N–H and O–H groups in total. The van der Waals surface area contributed by atoms with Crippen molar-refractivity contribution in [3.63, 3.8) is 0 Å². The van der Waals surface area contributed by atoms with Gasteiger partial charge in [-0.25, -0.2) is 4.98 Å². The highest BCUT2D eigenvalue weighted by Gasteiger charge is 2.21. The average molecular weight is 308 g/mol. The molecule has 0 aliphatic carbocycles. The van der Waals surface area contributed by atoms with Gasteiger partial charge in [-0.2, -0.15) is 0 Å². The molecular formula is C15H18ClN3O2. The third kappa shape index (κ3) is 3.31. The van der Waals surface area contributed by atoms with Crippen molar-refractivity contribution in [1.29, 1.82) is 0 Å². The lowest BCUT2D eigenvalue weighted by atomic mass is 9.93. The second kappa shape index (κ2) is 6.83. The number of halogens is 1. The van der Waals surface area contributed by atoms with Crippen molar-refractivity contribution in [1.82, 2.24) is 14.9 Å². The van der Waals surface area contributed by atoms with Crippen LogP contribution in [0.3, 0.4) is 0 Å². The molecule has 3 rings (SSSR count). The topological polar surface area (TPSA) is 64.0 Å². The van der Waals surface area contributed by atoms with Gasteiger partial charge in [-0.15, -0.1) is 12.4 Å². The van der Waals surface area contributed by atoms with E-state index in [4.69, 9.17) is 0 Å². The van der Waals surface area contributed by atoms with E-state index in [1.165, 1.54) is 10.9 Å². The summed E-state index contributed by atoms with van der Waals surface area (Å²) in [4.78, 5) is 28.8. The first-order valence-electron chi connectivity index (χ1n) is 6.93. The molecule has 1 aromatic heterocycles. The number of aromatic nitrogens is 2. The van der Waals surface area contributed by atoms with E-state index in [9.17, 15) is 9.59 Å². The van der Waals surface area contributed by atoms with Gasteiger partial charge in [-0.1, -0.05) is 12.1 Å². The number of hydrogen-bond acceptors (Lipinski definition) is 4. The van der Waals surface area contributed by atoms with Gasteiger partial charge < -0.3 is 5.32 Å². The van der Waals surface area contributed by atoms with Crippen LogP contribution >= 0.6 is 12.4 Å². The summed E-state index contributed by atoms with van der Waals surface area (Å²) in [6, 6.07) is 7.20. The summed E-state index contributed by atoms with van der Waals surface area (Å²) in [7, 11) is 0. The van der Waals surface area contributed by atoms with Gasteiger partial charge in [-0.05, 0) is 38.1 Å². The Bertz CT molecular complexity index is 693. The van der Waals surface area contributed by atoms with E-state index in [0.29, 0.717) is 10.9 Å². The number of hydrogen-bond donors (Lipinski definition) is 1. The first-order chi connectivity index (χ1) is 9.75. The average Bonchev–Trinajstić information content (AvgIpc) is 2.51. The highest BCUT2D eigenvalue weighted by Crippen LogP contribution is 2.13. The molecule has 1 fully saturated rings. The number of nitrogens with zero attached hydrogens (tertiary/aromatic N) is 2. The minimum atomic E-state index is -0.141. The standard InChI is InChI=1S/C15H17N3O2.ClH/c19-14(11-5-7-16-8-6-11)9-18-10-17-13-4-2-1-3-12(13)15(18)20;/h1-4,10-11,16H,5-9H2;1H. The van der Waals surface area contributed by atoms with Crippen LogP contribution in [-0.4, -0.2) is 28.4 Å². The zero-order chi connectivity index (χ0) is 13.9. The first-order valence-corrected chi connectivity index (χ1v) is 6.93. The minimum absolute atomic E-state index is 0. The number of piperidine rings is 1. The fourth-order valence-electron chi connectivity index (χ4n) is 2.66. The number of rotatable bonds is 3. The van der Waals surface area contributed by atoms with Crippen LogP contribution in [0.15, 0.2) is 35.4 Å². The summed E-state index contributed by atoms with van der Waals surface area (Å²) in [5, 5.41) is 3.80. The zero-order valence-electron chi connectivity index (χ0n) is 11.6. The number of benzene rings is 1. The third-order valence-corrected chi connectivity index (χ3v) is 3.85. The summed E-state index contributed by atoms with van der Waals surface area (Å²) in [6.07, 6.45) is 3.19. The maximum atomic E-state index is 12.3. The zero-order valence-corrected chi connectivity index (χ0v) is 12.4. The first kappa shape index (κ1) is 15.7. The van der Waals surface area contributed by atoms with Crippen molar-refractivity contribution >= 4 is 29.1 Å². The number of carbonyl (C=O) groups excluding carboxylic acids is 1. The Kier molecular flexibility index (Phi) is 5.09. The van der Waals surface area contributed by atoms with Gasteiger partial charge in [0, 0.05) is 5.92 Å². The number of nitrogens with one attached hydrogen (secondary N) is 1. The van der Waals surface area contributed by atoms with Gasteiger partial charge in [0.05, 0.1) is 23.8 Å². The Morgan fingerprint density at radius 2 is 2.00 bits per heavy atom. The Labute approximate surface area is 128 Å². The lowest BCUT2D eigenvalue weighted by Crippen LogP contribution is -2.35. The Morgan fingerprint density at radius 1 is 1.29 bits per heavy atom. The second-order valence-corrected chi connectivity index (χ2v) is 5.19. The maximum absolute atomic E-state index is 12.3. The van der Waals surface area contributed by atoms with Crippen molar-refractivity contribution in [2.45, 2.75) is 19.4 Å². The number of carbonyl (C=O) groups is 1. The molecule has 0 amide bonds. The van der Waals surface area contributed by atoms with Gasteiger partial charge in [0.1, 0.15) is 0 Å². The fraction of sp³-hybridized carbons (Fsp3) is 0.400. The number of ketones is 1. The SMILES string of the molecule is Cl.O=C(Cn1cnc2ccccc2c1=O)C1CCNCC1. The van der Waals surface area contributed by atoms with E-state index >= 15 is 0 Å². The molecule has 0 atom stereocenters. The van der Waals surface area contributed by atoms with Crippen molar-refractivity contribution in [2.24, 2.45) is 5.92 Å². The summed E-state index contributed by atoms with van der Waals surface area (Å²) >= 11 is 0. The molecular weight excluding hydrogens is 290 g/mol. The number of para-hydroxylation sites is 1. The van der Waals surface area contributed by atoms with E-state index in [2.05, 4.69) is 10.3 Å². The normalized spacial score (nSPS) is 15.6. The van der Waals surface area contributed by atoms with Gasteiger partial charge in [0.15, 0.2) is 5.78 Å². The van der Waals surface area contributed by atoms with E-state index in [0.717, 1.165) is 25.9 Å². The minimum Gasteiger partial charge on any atom is -0.317 e. The summed E-state index contributed by atoms with van der Waals surface area (Å²) in [5.74, 6) is 0.195. The van der Waals surface area contributed by atoms with E-state index in [1.807, 2.05) is 12.1 Å². The molecule has 0 bridgehead atoms. The highest BCUT2D eigenvalue weighted by molar-refractivity contribution is 5.85. The molecule has 1 saturated heterocycles. The molecule has 2 heterocycles. The largest absolute Gasteiger partial charge is 0.317 e. The van der Waals surface area contributed by atoms with Crippen LogP contribution in [-0.2, 0) is 11.3 Å². The van der Waals surface area contributed by atoms with Crippen LogP contribution in [0.1, 0.15) is 12.8 Å². The van der Waals surface area contributed by atoms with Gasteiger partial charge in [-0.3, -0.25) is 14.2 Å². The summed E-state index contributed by atoms with van der Waals surface area (Å²) < 4.78 is 1.42. The highest BCUT2D eigenvalue weighted by atomic mass is 35.5. The molecule has 0 spiro atoms. The Morgan fingerprint density at radius 3 is 2.76 bits per heavy atom. The molecule has 112 valence electrons. The van der Waals surface area contributed by atoms with Crippen molar-refractivity contribution < 1.29 is 4.79 Å². The van der Waals surface area contributed by atoms with Gasteiger partial charge in [0.2, 0.25) is 0 Å². The van der Waals surface area contributed by atoms with E-state index in [1.54, 1.807) is 12.1 Å². The van der Waals surface area contributed by atoms with Crippen LogP contribution < -0.4 is 10.9 Å². The van der Waals surface area contributed by atoms with Crippen LogP contribution in [0.5, 0.6) is 0 Å². The monoisotopic (exact) mass is 307 g/mol. The molecule has 2 aromatic rings. The molecule has 0 unspecified atom stereocenters. The number of Topliss-reactive ketones (excluding diaryl/α,β-unsaturated/α-hetero) is 1. The number of fused-ring (bicyclic) bond motifs is 1. The Balaban J connectivity index is 0.00000161. The molecule has 0 saturated carbocycles. The lowest BCUT2D eigenvalue weighted by molar-refractivity contribution is -0.124. The lowest BCUT2D eigenvalue weighted by Gasteiger charge is -2.21. The van der Waals surface area contributed by atoms with Crippen LogP contribution in [0.2, 0.25) is 0 Å². The van der Waals surface area contributed by atoms with Gasteiger partial charge >= 0.3 is 0 Å². The van der Waals surface area contributed by atoms with E-state index < -0.39 is 0 Å². The quantitative estimate of drug-likeness (QED) is 0.930. The molecule has 5 nitrogen and oxygen atoms in total. The van der Waals surface area contributed by atoms with Crippen molar-refractivity contribution in [2.75, 3.05) is 13.1 Å². The molecule has 6 heteroatoms. The second-order valence-electron chi connectivity index (χ2n) is 5.19. The van der Waals surface area contributed by atoms with Crippen molar-refractivity contribution in [3.05, 3.63) is 40.9 Å². The molecule has 1 aliphatic rings. The smallest absolute Gasteiger partial charge is 0.261 e. The van der Waals surface area contributed by atoms with Crippen LogP contribution in [0, 0.1) is 5.92 Å². The maximum Gasteiger partial charge on any atom is 0.261 e. The molecule has 0 radical (unpaired) electrons. The predicted octanol–water partition coefficient (Wildman–Crippen LogP) is 1.39. The van der Waals surface area contributed by atoms with Crippen molar-refractivity contribution in [3.8, 4) is 0 Å². The third-order valence-electron chi connectivity index (χ3n) is 3.85. The van der Waals surface area contributed by atoms with E-state index in [-0.39, 0.29) is 36.2 Å². The fourth-order valence-corrected chi connectivity index (χ4v) is 2.66. The molecule has 1 aliphatic heterocycles. The summed E-state index contributed by atoms with van der Waals surface area (Å²) in [5.41, 5.74) is 0.529. The molecule has 21 heavy (non-hydrogen) atoms. The molecule has 1 aromatic carbocycles. The van der Waals surface area contributed by atoms with Crippen LogP contribution in [0.4, 0.5) is 0 Å². The Hall–Kier alpha value is -1.72. The van der Waals surface area contributed by atoms with Gasteiger partial charge in [0.25, 0.3) is 5.56 Å². The summed E-state index contributed by atoms with van der Waals surface area (Å²) in [6.45, 7) is 1.88.